The van der Waals surface area contributed by atoms with Crippen LogP contribution in [0.3, 0.4) is 0 Å². The lowest BCUT2D eigenvalue weighted by Gasteiger charge is -2.13. The molecule has 0 radical (unpaired) electrons. The van der Waals surface area contributed by atoms with Gasteiger partial charge >= 0.3 is 0 Å². The minimum Gasteiger partial charge on any atom is -0.457 e. The maximum absolute atomic E-state index is 6.00. The summed E-state index contributed by atoms with van der Waals surface area (Å²) >= 11 is 0. The molecule has 2 aromatic rings. The van der Waals surface area contributed by atoms with Crippen LogP contribution in [0.1, 0.15) is 12.0 Å². The van der Waals surface area contributed by atoms with Crippen molar-refractivity contribution in [2.24, 2.45) is 5.92 Å². The van der Waals surface area contributed by atoms with E-state index in [1.54, 1.807) is 0 Å². The number of rotatable bonds is 4. The van der Waals surface area contributed by atoms with Crippen molar-refractivity contribution in [2.75, 3.05) is 13.1 Å². The van der Waals surface area contributed by atoms with E-state index in [2.05, 4.69) is 23.5 Å². The normalized spacial score (nSPS) is 18.4. The van der Waals surface area contributed by atoms with Gasteiger partial charge in [-0.05, 0) is 55.6 Å². The highest BCUT2D eigenvalue weighted by molar-refractivity contribution is 5.38. The van der Waals surface area contributed by atoms with Gasteiger partial charge in [0.2, 0.25) is 0 Å². The van der Waals surface area contributed by atoms with Gasteiger partial charge in [-0.25, -0.2) is 0 Å². The molecule has 1 unspecified atom stereocenters. The summed E-state index contributed by atoms with van der Waals surface area (Å²) in [6, 6.07) is 18.4. The van der Waals surface area contributed by atoms with E-state index in [4.69, 9.17) is 4.74 Å². The molecule has 1 N–H and O–H groups in total. The molecule has 3 rings (SSSR count). The maximum Gasteiger partial charge on any atom is 0.130 e. The van der Waals surface area contributed by atoms with Gasteiger partial charge in [0, 0.05) is 0 Å². The molecule has 1 aliphatic rings. The Labute approximate surface area is 114 Å². The molecular formula is C17H19NO. The smallest absolute Gasteiger partial charge is 0.130 e. The van der Waals surface area contributed by atoms with Gasteiger partial charge in [0.15, 0.2) is 0 Å². The number of hydrogen-bond donors (Lipinski definition) is 1. The van der Waals surface area contributed by atoms with E-state index in [0.29, 0.717) is 0 Å². The van der Waals surface area contributed by atoms with Gasteiger partial charge in [0.05, 0.1) is 0 Å². The maximum atomic E-state index is 6.00. The highest BCUT2D eigenvalue weighted by atomic mass is 16.5. The highest BCUT2D eigenvalue weighted by Gasteiger charge is 2.16. The van der Waals surface area contributed by atoms with Crippen LogP contribution in [0.5, 0.6) is 11.5 Å². The Hall–Kier alpha value is -1.80. The summed E-state index contributed by atoms with van der Waals surface area (Å²) in [6.07, 6.45) is 2.36. The Balaban J connectivity index is 1.77. The molecule has 2 aromatic carbocycles. The van der Waals surface area contributed by atoms with Crippen LogP contribution in [0, 0.1) is 5.92 Å². The van der Waals surface area contributed by atoms with Crippen molar-refractivity contribution in [2.45, 2.75) is 12.8 Å². The van der Waals surface area contributed by atoms with Crippen LogP contribution in [0.2, 0.25) is 0 Å². The summed E-state index contributed by atoms with van der Waals surface area (Å²) in [6.45, 7) is 2.27. The molecule has 98 valence electrons. The summed E-state index contributed by atoms with van der Waals surface area (Å²) < 4.78 is 6.00. The van der Waals surface area contributed by atoms with Crippen molar-refractivity contribution in [1.29, 1.82) is 0 Å². The number of ether oxygens (including phenoxy) is 1. The van der Waals surface area contributed by atoms with Crippen molar-refractivity contribution in [3.63, 3.8) is 0 Å². The van der Waals surface area contributed by atoms with Crippen LogP contribution in [0.25, 0.3) is 0 Å². The molecule has 0 bridgehead atoms. The van der Waals surface area contributed by atoms with E-state index in [0.717, 1.165) is 36.9 Å². The van der Waals surface area contributed by atoms with E-state index < -0.39 is 0 Å². The molecule has 1 fully saturated rings. The Bertz CT molecular complexity index is 518. The van der Waals surface area contributed by atoms with Gasteiger partial charge in [-0.1, -0.05) is 36.4 Å². The zero-order chi connectivity index (χ0) is 12.9. The molecule has 1 heterocycles. The minimum absolute atomic E-state index is 0.737. The summed E-state index contributed by atoms with van der Waals surface area (Å²) in [4.78, 5) is 0. The second-order valence-electron chi connectivity index (χ2n) is 5.09. The van der Waals surface area contributed by atoms with Crippen molar-refractivity contribution in [3.05, 3.63) is 60.2 Å². The fraction of sp³-hybridized carbons (Fsp3) is 0.294. The van der Waals surface area contributed by atoms with Crippen LogP contribution in [-0.2, 0) is 6.42 Å². The van der Waals surface area contributed by atoms with Crippen molar-refractivity contribution < 1.29 is 4.74 Å². The standard InChI is InChI=1S/C17H19NO/c1-2-7-16(8-3-1)19-17-9-5-4-6-15(17)12-14-10-11-18-13-14/h1-9,14,18H,10-13H2. The molecule has 0 saturated carbocycles. The van der Waals surface area contributed by atoms with E-state index in [1.165, 1.54) is 12.0 Å². The lowest BCUT2D eigenvalue weighted by molar-refractivity contribution is 0.467. The predicted molar refractivity (Wildman–Crippen MR) is 77.6 cm³/mol. The Morgan fingerprint density at radius 1 is 1.00 bits per heavy atom. The van der Waals surface area contributed by atoms with E-state index in [9.17, 15) is 0 Å². The van der Waals surface area contributed by atoms with Gasteiger partial charge in [-0.15, -0.1) is 0 Å². The third-order valence-electron chi connectivity index (χ3n) is 3.61. The van der Waals surface area contributed by atoms with E-state index >= 15 is 0 Å². The van der Waals surface area contributed by atoms with Crippen molar-refractivity contribution in [3.8, 4) is 11.5 Å². The quantitative estimate of drug-likeness (QED) is 0.898. The molecule has 19 heavy (non-hydrogen) atoms. The summed E-state index contributed by atoms with van der Waals surface area (Å²) in [5.41, 5.74) is 1.31. The molecule has 0 aliphatic carbocycles. The summed E-state index contributed by atoms with van der Waals surface area (Å²) in [5.74, 6) is 2.63. The van der Waals surface area contributed by atoms with Gasteiger partial charge in [0.25, 0.3) is 0 Å². The number of para-hydroxylation sites is 2. The molecule has 0 spiro atoms. The Kier molecular flexibility index (Phi) is 3.80. The van der Waals surface area contributed by atoms with E-state index in [-0.39, 0.29) is 0 Å². The second-order valence-corrected chi connectivity index (χ2v) is 5.09. The topological polar surface area (TPSA) is 21.3 Å². The van der Waals surface area contributed by atoms with Crippen LogP contribution in [0.4, 0.5) is 0 Å². The van der Waals surface area contributed by atoms with Crippen LogP contribution >= 0.6 is 0 Å². The average molecular weight is 253 g/mol. The molecule has 0 aromatic heterocycles. The van der Waals surface area contributed by atoms with Crippen LogP contribution < -0.4 is 10.1 Å². The molecule has 1 saturated heterocycles. The average Bonchev–Trinajstić information content (AvgIpc) is 2.95. The molecule has 0 amide bonds. The molecule has 1 atom stereocenters. The highest BCUT2D eigenvalue weighted by Crippen LogP contribution is 2.28. The third-order valence-corrected chi connectivity index (χ3v) is 3.61. The molecule has 2 nitrogen and oxygen atoms in total. The SMILES string of the molecule is c1ccc(Oc2ccccc2CC2CCNC2)cc1. The fourth-order valence-corrected chi connectivity index (χ4v) is 2.59. The van der Waals surface area contributed by atoms with Crippen LogP contribution in [-0.4, -0.2) is 13.1 Å². The zero-order valence-corrected chi connectivity index (χ0v) is 11.0. The lowest BCUT2D eigenvalue weighted by Crippen LogP contribution is -2.11. The number of hydrogen-bond acceptors (Lipinski definition) is 2. The first-order valence-electron chi connectivity index (χ1n) is 6.93. The zero-order valence-electron chi connectivity index (χ0n) is 11.0. The largest absolute Gasteiger partial charge is 0.457 e. The summed E-state index contributed by atoms with van der Waals surface area (Å²) in [7, 11) is 0. The lowest BCUT2D eigenvalue weighted by atomic mass is 9.98. The van der Waals surface area contributed by atoms with Gasteiger partial charge in [-0.2, -0.15) is 0 Å². The predicted octanol–water partition coefficient (Wildman–Crippen LogP) is 3.63. The number of nitrogens with one attached hydrogen (secondary N) is 1. The monoisotopic (exact) mass is 253 g/mol. The van der Waals surface area contributed by atoms with E-state index in [1.807, 2.05) is 36.4 Å². The minimum atomic E-state index is 0.737. The van der Waals surface area contributed by atoms with Gasteiger partial charge in [-0.3, -0.25) is 0 Å². The Morgan fingerprint density at radius 2 is 1.79 bits per heavy atom. The first-order valence-corrected chi connectivity index (χ1v) is 6.93. The molecular weight excluding hydrogens is 234 g/mol. The second kappa shape index (κ2) is 5.89. The first kappa shape index (κ1) is 12.2. The third kappa shape index (κ3) is 3.15. The van der Waals surface area contributed by atoms with Crippen molar-refractivity contribution in [1.82, 2.24) is 5.32 Å². The Morgan fingerprint density at radius 3 is 2.58 bits per heavy atom. The van der Waals surface area contributed by atoms with Gasteiger partial charge < -0.3 is 10.1 Å². The number of benzene rings is 2. The molecule has 2 heteroatoms. The van der Waals surface area contributed by atoms with Crippen molar-refractivity contribution >= 4 is 0 Å². The fourth-order valence-electron chi connectivity index (χ4n) is 2.59. The summed E-state index contributed by atoms with van der Waals surface area (Å²) in [5, 5.41) is 3.42. The van der Waals surface area contributed by atoms with Crippen LogP contribution in [0.15, 0.2) is 54.6 Å². The van der Waals surface area contributed by atoms with Gasteiger partial charge in [0.1, 0.15) is 11.5 Å². The molecule has 1 aliphatic heterocycles. The first-order chi connectivity index (χ1) is 9.42.